The predicted molar refractivity (Wildman–Crippen MR) is 75.1 cm³/mol. The van der Waals surface area contributed by atoms with E-state index in [0.717, 1.165) is 19.6 Å². The molecule has 0 aliphatic rings. The smallest absolute Gasteiger partial charge is 0.410 e. The number of carbonyl (C=O) groups is 2. The van der Waals surface area contributed by atoms with Gasteiger partial charge in [0, 0.05) is 39.3 Å². The van der Waals surface area contributed by atoms with Gasteiger partial charge >= 0.3 is 12.1 Å². The Balaban J connectivity index is 3.31. The van der Waals surface area contributed by atoms with Gasteiger partial charge in [0.15, 0.2) is 0 Å². The summed E-state index contributed by atoms with van der Waals surface area (Å²) in [6, 6.07) is 0. The predicted octanol–water partition coefficient (Wildman–Crippen LogP) is -0.993. The van der Waals surface area contributed by atoms with E-state index >= 15 is 0 Å². The molecule has 0 atom stereocenters. The van der Waals surface area contributed by atoms with Gasteiger partial charge < -0.3 is 31.2 Å². The third-order valence-corrected chi connectivity index (χ3v) is 2.23. The molecule has 0 fully saturated rings. The number of carbonyl (C=O) groups excluding carboxylic acids is 2. The summed E-state index contributed by atoms with van der Waals surface area (Å²) in [6.45, 7) is 7.15. The highest BCUT2D eigenvalue weighted by molar-refractivity contribution is 5.71. The average molecular weight is 290 g/mol. The summed E-state index contributed by atoms with van der Waals surface area (Å²) in [6.07, 6.45) is -0.607. The van der Waals surface area contributed by atoms with Crippen molar-refractivity contribution in [2.45, 2.75) is 13.8 Å². The van der Waals surface area contributed by atoms with Gasteiger partial charge in [-0.1, -0.05) is 13.8 Å². The van der Waals surface area contributed by atoms with Crippen LogP contribution < -0.4 is 21.7 Å². The zero-order chi connectivity index (χ0) is 15.2. The van der Waals surface area contributed by atoms with Gasteiger partial charge in [-0.05, 0) is 0 Å². The molecule has 0 aromatic heterocycles. The van der Waals surface area contributed by atoms with Gasteiger partial charge in [0.1, 0.15) is 0 Å². The number of esters is 1. The van der Waals surface area contributed by atoms with Gasteiger partial charge in [-0.15, -0.1) is 0 Å². The number of nitrogens with one attached hydrogen (secondary N) is 3. The van der Waals surface area contributed by atoms with E-state index in [-0.39, 0.29) is 12.7 Å². The lowest BCUT2D eigenvalue weighted by molar-refractivity contribution is -0.155. The molecule has 0 rings (SSSR count). The maximum absolute atomic E-state index is 11.2. The minimum Gasteiger partial charge on any atom is -0.428 e. The molecule has 0 radical (unpaired) electrons. The fourth-order valence-corrected chi connectivity index (χ4v) is 1.14. The third kappa shape index (κ3) is 11.7. The number of ether oxygens (including phenoxy) is 2. The lowest BCUT2D eigenvalue weighted by Crippen LogP contribution is -2.36. The van der Waals surface area contributed by atoms with E-state index in [1.54, 1.807) is 13.8 Å². The number of nitrogens with two attached hydrogens (primary N) is 1. The Kier molecular flexibility index (Phi) is 11.8. The van der Waals surface area contributed by atoms with Crippen LogP contribution in [0.2, 0.25) is 0 Å². The molecule has 0 heterocycles. The lowest BCUT2D eigenvalue weighted by Gasteiger charge is -2.09. The van der Waals surface area contributed by atoms with Crippen molar-refractivity contribution >= 4 is 12.1 Å². The highest BCUT2D eigenvalue weighted by atomic mass is 16.7. The minimum absolute atomic E-state index is 0.237. The van der Waals surface area contributed by atoms with Crippen molar-refractivity contribution in [1.29, 1.82) is 0 Å². The highest BCUT2D eigenvalue weighted by Gasteiger charge is 2.09. The van der Waals surface area contributed by atoms with Crippen molar-refractivity contribution in [3.05, 3.63) is 0 Å². The molecular weight excluding hydrogens is 264 g/mol. The number of hydrogen-bond acceptors (Lipinski definition) is 7. The van der Waals surface area contributed by atoms with E-state index in [0.29, 0.717) is 19.6 Å². The Morgan fingerprint density at radius 3 is 2.20 bits per heavy atom. The summed E-state index contributed by atoms with van der Waals surface area (Å²) in [4.78, 5) is 22.3. The molecule has 0 saturated heterocycles. The molecule has 0 aromatic carbocycles. The Bertz CT molecular complexity index is 274. The Hall–Kier alpha value is -1.38. The maximum atomic E-state index is 11.2. The van der Waals surface area contributed by atoms with Crippen molar-refractivity contribution in [1.82, 2.24) is 16.0 Å². The topological polar surface area (TPSA) is 115 Å². The monoisotopic (exact) mass is 290 g/mol. The Morgan fingerprint density at radius 2 is 1.60 bits per heavy atom. The van der Waals surface area contributed by atoms with E-state index in [2.05, 4.69) is 20.7 Å². The van der Waals surface area contributed by atoms with Crippen LogP contribution in [-0.4, -0.2) is 58.1 Å². The van der Waals surface area contributed by atoms with Gasteiger partial charge in [-0.3, -0.25) is 4.79 Å². The first kappa shape index (κ1) is 18.6. The van der Waals surface area contributed by atoms with E-state index in [1.165, 1.54) is 0 Å². The van der Waals surface area contributed by atoms with E-state index in [4.69, 9.17) is 10.5 Å². The standard InChI is InChI=1S/C12H26N4O4/c1-10(2)11(17)19-9-20-12(18)16-8-7-15-6-5-14-4-3-13/h10,14-15H,3-9,13H2,1-2H3,(H,16,18). The Labute approximate surface area is 119 Å². The van der Waals surface area contributed by atoms with Crippen LogP contribution in [-0.2, 0) is 14.3 Å². The molecular formula is C12H26N4O4. The SMILES string of the molecule is CC(C)C(=O)OCOC(=O)NCCNCCNCCN. The molecule has 0 spiro atoms. The molecule has 8 nitrogen and oxygen atoms in total. The average Bonchev–Trinajstić information content (AvgIpc) is 2.41. The van der Waals surface area contributed by atoms with Crippen LogP contribution in [0.15, 0.2) is 0 Å². The van der Waals surface area contributed by atoms with Crippen molar-refractivity contribution in [3.63, 3.8) is 0 Å². The molecule has 1 amide bonds. The second kappa shape index (κ2) is 12.6. The summed E-state index contributed by atoms with van der Waals surface area (Å²) in [5.74, 6) is -0.636. The molecule has 118 valence electrons. The number of amides is 1. The van der Waals surface area contributed by atoms with E-state index < -0.39 is 12.1 Å². The van der Waals surface area contributed by atoms with Gasteiger partial charge in [0.2, 0.25) is 6.79 Å². The molecule has 0 aromatic rings. The highest BCUT2D eigenvalue weighted by Crippen LogP contribution is 1.95. The largest absolute Gasteiger partial charge is 0.428 e. The summed E-state index contributed by atoms with van der Waals surface area (Å²) in [5, 5.41) is 8.80. The van der Waals surface area contributed by atoms with Crippen LogP contribution >= 0.6 is 0 Å². The Morgan fingerprint density at radius 1 is 1.00 bits per heavy atom. The molecule has 20 heavy (non-hydrogen) atoms. The first-order valence-corrected chi connectivity index (χ1v) is 6.76. The van der Waals surface area contributed by atoms with Gasteiger partial charge in [0.05, 0.1) is 5.92 Å². The van der Waals surface area contributed by atoms with E-state index in [1.807, 2.05) is 0 Å². The fraction of sp³-hybridized carbons (Fsp3) is 0.833. The van der Waals surface area contributed by atoms with Crippen LogP contribution in [0, 0.1) is 5.92 Å². The number of alkyl carbamates (subject to hydrolysis) is 1. The van der Waals surface area contributed by atoms with Crippen LogP contribution in [0.4, 0.5) is 4.79 Å². The quantitative estimate of drug-likeness (QED) is 0.219. The second-order valence-electron chi connectivity index (χ2n) is 4.38. The normalized spacial score (nSPS) is 10.4. The zero-order valence-corrected chi connectivity index (χ0v) is 12.2. The molecule has 0 bridgehead atoms. The first-order chi connectivity index (χ1) is 9.57. The zero-order valence-electron chi connectivity index (χ0n) is 12.2. The van der Waals surface area contributed by atoms with Crippen LogP contribution in [0.25, 0.3) is 0 Å². The van der Waals surface area contributed by atoms with Gasteiger partial charge in [-0.2, -0.15) is 0 Å². The number of hydrogen-bond donors (Lipinski definition) is 4. The summed E-state index contributed by atoms with van der Waals surface area (Å²) >= 11 is 0. The minimum atomic E-state index is -0.607. The lowest BCUT2D eigenvalue weighted by atomic mass is 10.2. The summed E-state index contributed by atoms with van der Waals surface area (Å²) in [5.41, 5.74) is 5.32. The van der Waals surface area contributed by atoms with Gasteiger partial charge in [0.25, 0.3) is 0 Å². The molecule has 8 heteroatoms. The van der Waals surface area contributed by atoms with Crippen LogP contribution in [0.3, 0.4) is 0 Å². The number of rotatable bonds is 11. The molecule has 0 aliphatic carbocycles. The van der Waals surface area contributed by atoms with Gasteiger partial charge in [-0.25, -0.2) is 4.79 Å². The maximum Gasteiger partial charge on any atom is 0.410 e. The fourth-order valence-electron chi connectivity index (χ4n) is 1.14. The third-order valence-electron chi connectivity index (χ3n) is 2.23. The van der Waals surface area contributed by atoms with Crippen molar-refractivity contribution in [3.8, 4) is 0 Å². The summed E-state index contributed by atoms with van der Waals surface area (Å²) in [7, 11) is 0. The van der Waals surface area contributed by atoms with Crippen molar-refractivity contribution in [2.24, 2.45) is 11.7 Å². The summed E-state index contributed by atoms with van der Waals surface area (Å²) < 4.78 is 9.38. The van der Waals surface area contributed by atoms with E-state index in [9.17, 15) is 9.59 Å². The van der Waals surface area contributed by atoms with Crippen molar-refractivity contribution in [2.75, 3.05) is 46.1 Å². The van der Waals surface area contributed by atoms with Crippen LogP contribution in [0.1, 0.15) is 13.8 Å². The molecule has 0 saturated carbocycles. The first-order valence-electron chi connectivity index (χ1n) is 6.76. The van der Waals surface area contributed by atoms with Crippen molar-refractivity contribution < 1.29 is 19.1 Å². The second-order valence-corrected chi connectivity index (χ2v) is 4.38. The molecule has 5 N–H and O–H groups in total. The molecule has 0 unspecified atom stereocenters. The van der Waals surface area contributed by atoms with Crippen LogP contribution in [0.5, 0.6) is 0 Å². The molecule has 0 aliphatic heterocycles.